The summed E-state index contributed by atoms with van der Waals surface area (Å²) < 4.78 is 2.25. The van der Waals surface area contributed by atoms with Crippen molar-refractivity contribution < 1.29 is 26.2 Å². The number of phenols is 1. The van der Waals surface area contributed by atoms with Crippen LogP contribution >= 0.6 is 0 Å². The van der Waals surface area contributed by atoms with Crippen LogP contribution in [0.3, 0.4) is 0 Å². The molecule has 0 radical (unpaired) electrons. The molecule has 0 bridgehead atoms. The summed E-state index contributed by atoms with van der Waals surface area (Å²) >= 11 is 0. The molecule has 7 rings (SSSR count). The number of nitrogens with zero attached hydrogens (tertiary/aromatic N) is 3. The number of fused-ring (bicyclic) bond motifs is 2. The van der Waals surface area contributed by atoms with Crippen LogP contribution in [0.25, 0.3) is 61.4 Å². The van der Waals surface area contributed by atoms with Crippen molar-refractivity contribution in [3.63, 3.8) is 0 Å². The number of aromatic hydroxyl groups is 1. The maximum atomic E-state index is 12.2. The van der Waals surface area contributed by atoms with Gasteiger partial charge >= 0.3 is 0 Å². The second-order valence-electron chi connectivity index (χ2n) is 11.9. The maximum Gasteiger partial charge on any atom is 0.149 e. The summed E-state index contributed by atoms with van der Waals surface area (Å²) in [5, 5.41) is 14.2. The molecule has 0 saturated heterocycles. The third-order valence-corrected chi connectivity index (χ3v) is 8.38. The first-order valence-electron chi connectivity index (χ1n) is 15.2. The summed E-state index contributed by atoms with van der Waals surface area (Å²) in [6, 6.07) is 42.1. The largest absolute Gasteiger partial charge is 0.506 e. The van der Waals surface area contributed by atoms with Gasteiger partial charge in [0.2, 0.25) is 0 Å². The van der Waals surface area contributed by atoms with Gasteiger partial charge in [-0.3, -0.25) is 9.55 Å². The molecule has 45 heavy (non-hydrogen) atoms. The average molecular weight is 768 g/mol. The summed E-state index contributed by atoms with van der Waals surface area (Å²) in [6.45, 7) is 8.92. The SMILES string of the molecule is CC(C)c1cccc(C(C)C)c1-n1c(-c2cccc(-c3nc(-c4[c-]cccc4)cc4ccccc34)c2O)nc2ccccc21.[Pt]. The summed E-state index contributed by atoms with van der Waals surface area (Å²) in [7, 11) is 0. The first-order valence-corrected chi connectivity index (χ1v) is 15.2. The van der Waals surface area contributed by atoms with Gasteiger partial charge in [0, 0.05) is 32.0 Å². The zero-order valence-electron chi connectivity index (χ0n) is 25.7. The molecule has 0 spiro atoms. The average Bonchev–Trinajstić information content (AvgIpc) is 3.43. The van der Waals surface area contributed by atoms with Crippen molar-refractivity contribution in [3.05, 3.63) is 132 Å². The molecule has 0 aliphatic heterocycles. The Kier molecular flexibility index (Phi) is 8.44. The fourth-order valence-corrected chi connectivity index (χ4v) is 6.21. The van der Waals surface area contributed by atoms with E-state index in [9.17, 15) is 5.11 Å². The predicted molar refractivity (Wildman–Crippen MR) is 181 cm³/mol. The van der Waals surface area contributed by atoms with Crippen LogP contribution in [0.5, 0.6) is 5.75 Å². The molecular weight excluding hydrogens is 734 g/mol. The van der Waals surface area contributed by atoms with Crippen molar-refractivity contribution in [3.8, 4) is 45.3 Å². The van der Waals surface area contributed by atoms with E-state index >= 15 is 0 Å². The molecule has 5 heteroatoms. The number of para-hydroxylation sites is 4. The maximum absolute atomic E-state index is 12.2. The van der Waals surface area contributed by atoms with Crippen LogP contribution in [0, 0.1) is 6.07 Å². The van der Waals surface area contributed by atoms with Crippen LogP contribution < -0.4 is 0 Å². The summed E-state index contributed by atoms with van der Waals surface area (Å²) in [5.74, 6) is 1.46. The summed E-state index contributed by atoms with van der Waals surface area (Å²) in [4.78, 5) is 10.3. The number of hydrogen-bond donors (Lipinski definition) is 1. The van der Waals surface area contributed by atoms with Crippen molar-refractivity contribution in [1.29, 1.82) is 0 Å². The number of pyridine rings is 1. The van der Waals surface area contributed by atoms with Crippen molar-refractivity contribution in [2.45, 2.75) is 39.5 Å². The van der Waals surface area contributed by atoms with E-state index in [1.54, 1.807) is 0 Å². The number of phenolic OH excluding ortho intramolecular Hbond substituents is 1. The normalized spacial score (nSPS) is 11.4. The minimum Gasteiger partial charge on any atom is -0.506 e. The van der Waals surface area contributed by atoms with Crippen LogP contribution in [0.1, 0.15) is 50.7 Å². The van der Waals surface area contributed by atoms with E-state index in [4.69, 9.17) is 9.97 Å². The van der Waals surface area contributed by atoms with Crippen molar-refractivity contribution in [2.75, 3.05) is 0 Å². The second kappa shape index (κ2) is 12.5. The monoisotopic (exact) mass is 767 g/mol. The standard InChI is InChI=1S/C40H34N3O.Pt/c1-25(2)29-18-12-19-30(26(3)4)38(29)43-36-23-11-10-22-34(36)42-40(43)33-21-13-20-32(39(33)44)37-31-17-9-8-16-28(31)24-35(41-37)27-14-6-5-7-15-27;/h5-14,16-26,44H,1-4H3;/q-1;. The third kappa shape index (κ3) is 5.38. The topological polar surface area (TPSA) is 50.9 Å². The van der Waals surface area contributed by atoms with E-state index in [0.29, 0.717) is 28.8 Å². The Balaban J connectivity index is 0.00000357. The molecule has 0 unspecified atom stereocenters. The molecular formula is C40H34N3OPt-. The molecule has 4 nitrogen and oxygen atoms in total. The van der Waals surface area contributed by atoms with Gasteiger partial charge in [0.1, 0.15) is 11.6 Å². The first-order chi connectivity index (χ1) is 21.4. The fraction of sp³-hybridized carbons (Fsp3) is 0.150. The quantitative estimate of drug-likeness (QED) is 0.172. The van der Waals surface area contributed by atoms with Gasteiger partial charge < -0.3 is 5.11 Å². The molecule has 0 amide bonds. The Morgan fingerprint density at radius 2 is 1.36 bits per heavy atom. The van der Waals surface area contributed by atoms with Gasteiger partial charge in [0.05, 0.1) is 28.0 Å². The van der Waals surface area contributed by atoms with Gasteiger partial charge in [0.25, 0.3) is 0 Å². The van der Waals surface area contributed by atoms with Crippen LogP contribution in [0.2, 0.25) is 0 Å². The Morgan fingerprint density at radius 3 is 2.09 bits per heavy atom. The van der Waals surface area contributed by atoms with E-state index in [1.165, 1.54) is 11.1 Å². The van der Waals surface area contributed by atoms with E-state index in [1.807, 2.05) is 66.7 Å². The zero-order valence-corrected chi connectivity index (χ0v) is 28.0. The van der Waals surface area contributed by atoms with Gasteiger partial charge in [-0.25, -0.2) is 4.98 Å². The van der Waals surface area contributed by atoms with E-state index in [-0.39, 0.29) is 26.8 Å². The zero-order chi connectivity index (χ0) is 30.4. The Bertz CT molecular complexity index is 2120. The molecule has 0 saturated carbocycles. The van der Waals surface area contributed by atoms with Crippen molar-refractivity contribution in [1.82, 2.24) is 14.5 Å². The molecule has 2 heterocycles. The molecule has 5 aromatic carbocycles. The van der Waals surface area contributed by atoms with E-state index in [0.717, 1.165) is 44.4 Å². The third-order valence-electron chi connectivity index (χ3n) is 8.38. The van der Waals surface area contributed by atoms with Crippen LogP contribution in [0.4, 0.5) is 0 Å². The molecule has 0 fully saturated rings. The van der Waals surface area contributed by atoms with Gasteiger partial charge in [0.15, 0.2) is 0 Å². The second-order valence-corrected chi connectivity index (χ2v) is 11.9. The molecule has 0 atom stereocenters. The molecule has 1 N–H and O–H groups in total. The van der Waals surface area contributed by atoms with Gasteiger partial charge in [-0.15, -0.1) is 35.9 Å². The van der Waals surface area contributed by atoms with E-state index in [2.05, 4.69) is 86.9 Å². The molecule has 0 aliphatic rings. The Morgan fingerprint density at radius 1 is 0.689 bits per heavy atom. The number of aromatic nitrogens is 3. The molecule has 2 aromatic heterocycles. The number of hydrogen-bond acceptors (Lipinski definition) is 3. The minimum absolute atomic E-state index is 0. The first kappa shape index (κ1) is 30.5. The van der Waals surface area contributed by atoms with Crippen LogP contribution in [-0.4, -0.2) is 19.6 Å². The molecule has 7 aromatic rings. The van der Waals surface area contributed by atoms with Crippen LogP contribution in [0.15, 0.2) is 115 Å². The summed E-state index contributed by atoms with van der Waals surface area (Å²) in [6.07, 6.45) is 0. The Hall–Kier alpha value is -4.53. The smallest absolute Gasteiger partial charge is 0.149 e. The molecule has 226 valence electrons. The van der Waals surface area contributed by atoms with E-state index < -0.39 is 0 Å². The van der Waals surface area contributed by atoms with Crippen molar-refractivity contribution in [2.24, 2.45) is 0 Å². The van der Waals surface area contributed by atoms with Crippen molar-refractivity contribution >= 4 is 21.8 Å². The predicted octanol–water partition coefficient (Wildman–Crippen LogP) is 10.3. The van der Waals surface area contributed by atoms with Gasteiger partial charge in [-0.2, -0.15) is 0 Å². The molecule has 0 aliphatic carbocycles. The number of rotatable bonds is 6. The fourth-order valence-electron chi connectivity index (χ4n) is 6.21. The minimum atomic E-state index is 0. The van der Waals surface area contributed by atoms with Crippen LogP contribution in [-0.2, 0) is 21.1 Å². The van der Waals surface area contributed by atoms with Gasteiger partial charge in [-0.05, 0) is 58.3 Å². The number of benzene rings is 5. The Labute approximate surface area is 278 Å². The summed E-state index contributed by atoms with van der Waals surface area (Å²) in [5.41, 5.74) is 9.28. The van der Waals surface area contributed by atoms with Gasteiger partial charge in [-0.1, -0.05) is 94.4 Å². The number of imidazole rings is 1.